The standard InChI is InChI=1S/C35H42N4/c1-4-20-36-27(3)35(33-16-8-7-14-31(33)32-15-11-21-37-34(32)35)19-9-10-22-38-23-17-29(18-24-38)39-25-28-12-5-6-13-30(28)26(39)2/h5-8,11-16,21,29,36H,2-4,9-10,17-20,22-25H2,1H3. The highest BCUT2D eigenvalue weighted by Crippen LogP contribution is 2.53. The molecule has 2 aliphatic heterocycles. The van der Waals surface area contributed by atoms with E-state index in [-0.39, 0.29) is 5.41 Å². The molecule has 3 heterocycles. The zero-order valence-corrected chi connectivity index (χ0v) is 23.5. The Morgan fingerprint density at radius 1 is 0.974 bits per heavy atom. The average Bonchev–Trinajstić information content (AvgIpc) is 3.47. The molecule has 0 saturated carbocycles. The van der Waals surface area contributed by atoms with Gasteiger partial charge in [0.05, 0.1) is 11.1 Å². The molecule has 3 aromatic rings. The lowest BCUT2D eigenvalue weighted by molar-refractivity contribution is 0.146. The zero-order chi connectivity index (χ0) is 26.8. The molecule has 202 valence electrons. The Kier molecular flexibility index (Phi) is 7.31. The number of benzene rings is 2. The van der Waals surface area contributed by atoms with Gasteiger partial charge in [-0.25, -0.2) is 0 Å². The molecule has 2 aromatic carbocycles. The first-order chi connectivity index (χ1) is 19.1. The molecule has 1 aliphatic carbocycles. The maximum Gasteiger partial charge on any atom is 0.0776 e. The summed E-state index contributed by atoms with van der Waals surface area (Å²) in [6.45, 7) is 16.7. The highest BCUT2D eigenvalue weighted by atomic mass is 15.2. The van der Waals surface area contributed by atoms with Crippen LogP contribution in [0, 0.1) is 0 Å². The van der Waals surface area contributed by atoms with E-state index in [1.54, 1.807) is 0 Å². The summed E-state index contributed by atoms with van der Waals surface area (Å²) in [5.74, 6) is 0. The number of pyridine rings is 1. The van der Waals surface area contributed by atoms with E-state index < -0.39 is 0 Å². The number of fused-ring (bicyclic) bond motifs is 4. The van der Waals surface area contributed by atoms with Crippen LogP contribution in [0.5, 0.6) is 0 Å². The molecule has 1 saturated heterocycles. The van der Waals surface area contributed by atoms with Gasteiger partial charge in [-0.05, 0) is 61.4 Å². The van der Waals surface area contributed by atoms with Crippen molar-refractivity contribution in [3.05, 3.63) is 108 Å². The van der Waals surface area contributed by atoms with Gasteiger partial charge in [-0.15, -0.1) is 0 Å². The van der Waals surface area contributed by atoms with Crippen LogP contribution in [-0.4, -0.2) is 47.0 Å². The third-order valence-electron chi connectivity index (χ3n) is 9.28. The van der Waals surface area contributed by atoms with Crippen LogP contribution >= 0.6 is 0 Å². The Hall–Kier alpha value is -3.37. The van der Waals surface area contributed by atoms with Crippen molar-refractivity contribution in [3.63, 3.8) is 0 Å². The second-order valence-corrected chi connectivity index (χ2v) is 11.5. The highest BCUT2D eigenvalue weighted by Gasteiger charge is 2.46. The van der Waals surface area contributed by atoms with Crippen molar-refractivity contribution in [1.29, 1.82) is 0 Å². The number of rotatable bonds is 10. The molecular weight excluding hydrogens is 476 g/mol. The lowest BCUT2D eigenvalue weighted by Gasteiger charge is -2.38. The van der Waals surface area contributed by atoms with Gasteiger partial charge in [0.2, 0.25) is 0 Å². The summed E-state index contributed by atoms with van der Waals surface area (Å²) < 4.78 is 0. The average molecular weight is 519 g/mol. The number of hydrogen-bond donors (Lipinski definition) is 1. The molecule has 0 bridgehead atoms. The summed E-state index contributed by atoms with van der Waals surface area (Å²) in [6.07, 6.45) is 8.85. The monoisotopic (exact) mass is 518 g/mol. The molecule has 4 nitrogen and oxygen atoms in total. The van der Waals surface area contributed by atoms with Gasteiger partial charge in [0, 0.05) is 60.9 Å². The van der Waals surface area contributed by atoms with Crippen molar-refractivity contribution in [2.24, 2.45) is 0 Å². The number of hydrogen-bond acceptors (Lipinski definition) is 4. The van der Waals surface area contributed by atoms with Gasteiger partial charge in [0.15, 0.2) is 0 Å². The Labute approximate surface area is 234 Å². The fourth-order valence-corrected chi connectivity index (χ4v) is 7.22. The number of piperidine rings is 1. The summed E-state index contributed by atoms with van der Waals surface area (Å²) in [4.78, 5) is 10.2. The van der Waals surface area contributed by atoms with E-state index in [0.29, 0.717) is 6.04 Å². The predicted molar refractivity (Wildman–Crippen MR) is 162 cm³/mol. The number of allylic oxidation sites excluding steroid dienone is 1. The maximum atomic E-state index is 4.97. The Bertz CT molecular complexity index is 1300. The van der Waals surface area contributed by atoms with Crippen LogP contribution in [0.25, 0.3) is 16.8 Å². The molecular formula is C35H42N4. The minimum absolute atomic E-state index is 0.263. The molecule has 0 amide bonds. The molecule has 0 spiro atoms. The molecule has 1 aromatic heterocycles. The van der Waals surface area contributed by atoms with Gasteiger partial charge in [-0.2, -0.15) is 0 Å². The van der Waals surface area contributed by atoms with Crippen LogP contribution < -0.4 is 5.32 Å². The SMILES string of the molecule is C=C1c2ccccc2CN1C1CCN(CCCCC2(C(=C)NCCC)c3ccccc3-c3cccnc32)CC1. The Morgan fingerprint density at radius 3 is 2.51 bits per heavy atom. The van der Waals surface area contributed by atoms with Crippen molar-refractivity contribution in [2.75, 3.05) is 26.2 Å². The van der Waals surface area contributed by atoms with Gasteiger partial charge in [-0.3, -0.25) is 4.98 Å². The maximum absolute atomic E-state index is 4.97. The predicted octanol–water partition coefficient (Wildman–Crippen LogP) is 6.98. The van der Waals surface area contributed by atoms with E-state index in [2.05, 4.69) is 95.9 Å². The van der Waals surface area contributed by atoms with Gasteiger partial charge < -0.3 is 15.1 Å². The Balaban J connectivity index is 1.09. The molecule has 1 fully saturated rings. The van der Waals surface area contributed by atoms with Crippen molar-refractivity contribution >= 4 is 5.70 Å². The molecule has 3 aliphatic rings. The molecule has 0 radical (unpaired) electrons. The molecule has 6 rings (SSSR count). The Morgan fingerprint density at radius 2 is 1.72 bits per heavy atom. The molecule has 1 unspecified atom stereocenters. The normalized spacial score (nSPS) is 20.5. The zero-order valence-electron chi connectivity index (χ0n) is 23.5. The first-order valence-corrected chi connectivity index (χ1v) is 14.9. The third-order valence-corrected chi connectivity index (χ3v) is 9.28. The van der Waals surface area contributed by atoms with Crippen LogP contribution in [0.1, 0.15) is 67.8 Å². The van der Waals surface area contributed by atoms with E-state index in [0.717, 1.165) is 44.6 Å². The van der Waals surface area contributed by atoms with Crippen LogP contribution in [0.15, 0.2) is 85.7 Å². The number of nitrogens with zero attached hydrogens (tertiary/aromatic N) is 3. The fourth-order valence-electron chi connectivity index (χ4n) is 7.22. The van der Waals surface area contributed by atoms with Gasteiger partial charge >= 0.3 is 0 Å². The summed E-state index contributed by atoms with van der Waals surface area (Å²) in [7, 11) is 0. The largest absolute Gasteiger partial charge is 0.388 e. The van der Waals surface area contributed by atoms with Crippen LogP contribution in [0.2, 0.25) is 0 Å². The topological polar surface area (TPSA) is 31.4 Å². The van der Waals surface area contributed by atoms with Crippen LogP contribution in [-0.2, 0) is 12.0 Å². The van der Waals surface area contributed by atoms with E-state index in [1.807, 2.05) is 6.20 Å². The lowest BCUT2D eigenvalue weighted by atomic mass is 9.74. The summed E-state index contributed by atoms with van der Waals surface area (Å²) in [5.41, 5.74) is 9.94. The fraction of sp³-hybridized carbons (Fsp3) is 0.400. The number of unbranched alkanes of at least 4 members (excludes halogenated alkanes) is 1. The van der Waals surface area contributed by atoms with Gasteiger partial charge in [-0.1, -0.05) is 81.1 Å². The quantitative estimate of drug-likeness (QED) is 0.293. The van der Waals surface area contributed by atoms with E-state index in [9.17, 15) is 0 Å². The first kappa shape index (κ1) is 25.9. The third kappa shape index (κ3) is 4.59. The number of nitrogens with one attached hydrogen (secondary N) is 1. The smallest absolute Gasteiger partial charge is 0.0776 e. The number of aromatic nitrogens is 1. The van der Waals surface area contributed by atoms with Crippen LogP contribution in [0.4, 0.5) is 0 Å². The summed E-state index contributed by atoms with van der Waals surface area (Å²) >= 11 is 0. The van der Waals surface area contributed by atoms with Crippen molar-refractivity contribution < 1.29 is 0 Å². The van der Waals surface area contributed by atoms with Crippen LogP contribution in [0.3, 0.4) is 0 Å². The molecule has 1 atom stereocenters. The number of likely N-dealkylation sites (tertiary alicyclic amines) is 1. The van der Waals surface area contributed by atoms with Crippen molar-refractivity contribution in [3.8, 4) is 11.1 Å². The van der Waals surface area contributed by atoms with E-state index in [4.69, 9.17) is 4.98 Å². The van der Waals surface area contributed by atoms with Crippen molar-refractivity contribution in [2.45, 2.75) is 63.5 Å². The first-order valence-electron chi connectivity index (χ1n) is 14.9. The van der Waals surface area contributed by atoms with Gasteiger partial charge in [0.25, 0.3) is 0 Å². The minimum Gasteiger partial charge on any atom is -0.388 e. The lowest BCUT2D eigenvalue weighted by Crippen LogP contribution is -2.42. The molecule has 1 N–H and O–H groups in total. The van der Waals surface area contributed by atoms with E-state index >= 15 is 0 Å². The minimum atomic E-state index is -0.263. The molecule has 39 heavy (non-hydrogen) atoms. The summed E-state index contributed by atoms with van der Waals surface area (Å²) in [5, 5.41) is 3.67. The van der Waals surface area contributed by atoms with E-state index in [1.165, 1.54) is 71.6 Å². The van der Waals surface area contributed by atoms with Crippen molar-refractivity contribution in [1.82, 2.24) is 20.1 Å². The molecule has 4 heteroatoms. The highest BCUT2D eigenvalue weighted by molar-refractivity contribution is 5.81. The summed E-state index contributed by atoms with van der Waals surface area (Å²) in [6, 6.07) is 22.5. The second kappa shape index (κ2) is 11.0. The second-order valence-electron chi connectivity index (χ2n) is 11.5. The van der Waals surface area contributed by atoms with Gasteiger partial charge in [0.1, 0.15) is 0 Å².